The molecule has 0 unspecified atom stereocenters. The number of non-ortho nitro benzene ring substituents is 1. The zero-order valence-corrected chi connectivity index (χ0v) is 8.33. The van der Waals surface area contributed by atoms with Crippen LogP contribution in [0, 0.1) is 10.1 Å². The van der Waals surface area contributed by atoms with E-state index in [1.165, 1.54) is 12.1 Å². The summed E-state index contributed by atoms with van der Waals surface area (Å²) in [6, 6.07) is 6.45. The lowest BCUT2D eigenvalue weighted by Crippen LogP contribution is -1.87. The minimum absolute atomic E-state index is 0.0896. The van der Waals surface area contributed by atoms with E-state index in [4.69, 9.17) is 0 Å². The van der Waals surface area contributed by atoms with Crippen LogP contribution in [0.5, 0.6) is 0 Å². The number of H-pyrrole nitrogens is 1. The van der Waals surface area contributed by atoms with Gasteiger partial charge in [-0.1, -0.05) is 18.2 Å². The van der Waals surface area contributed by atoms with Crippen LogP contribution in [-0.4, -0.2) is 14.9 Å². The van der Waals surface area contributed by atoms with Crippen LogP contribution in [0.25, 0.3) is 12.2 Å². The van der Waals surface area contributed by atoms with Gasteiger partial charge in [-0.3, -0.25) is 10.1 Å². The van der Waals surface area contributed by atoms with Gasteiger partial charge in [0.2, 0.25) is 0 Å². The summed E-state index contributed by atoms with van der Waals surface area (Å²) in [5, 5.41) is 10.6. The average Bonchev–Trinajstić information content (AvgIpc) is 2.79. The first-order valence-electron chi connectivity index (χ1n) is 4.66. The number of aromatic amines is 1. The van der Waals surface area contributed by atoms with Crippen molar-refractivity contribution in [3.05, 3.63) is 58.2 Å². The van der Waals surface area contributed by atoms with E-state index in [9.17, 15) is 10.1 Å². The molecule has 2 aromatic rings. The van der Waals surface area contributed by atoms with Gasteiger partial charge < -0.3 is 4.98 Å². The monoisotopic (exact) mass is 215 g/mol. The number of benzene rings is 1. The maximum absolute atomic E-state index is 10.6. The number of imidazole rings is 1. The highest BCUT2D eigenvalue weighted by molar-refractivity contribution is 5.68. The van der Waals surface area contributed by atoms with E-state index in [1.54, 1.807) is 30.7 Å². The van der Waals surface area contributed by atoms with E-state index in [-0.39, 0.29) is 5.69 Å². The SMILES string of the molecule is O=[N+]([O-])c1cccc(C=Cc2cnc[nH]2)c1. The molecule has 0 spiro atoms. The van der Waals surface area contributed by atoms with E-state index in [2.05, 4.69) is 9.97 Å². The second-order valence-corrected chi connectivity index (χ2v) is 3.19. The van der Waals surface area contributed by atoms with Crippen LogP contribution < -0.4 is 0 Å². The van der Waals surface area contributed by atoms with Gasteiger partial charge in [-0.05, 0) is 11.6 Å². The molecular formula is C11H9N3O2. The summed E-state index contributed by atoms with van der Waals surface area (Å²) in [4.78, 5) is 16.9. The Balaban J connectivity index is 2.22. The van der Waals surface area contributed by atoms with Crippen LogP contribution >= 0.6 is 0 Å². The van der Waals surface area contributed by atoms with Crippen molar-refractivity contribution in [3.8, 4) is 0 Å². The van der Waals surface area contributed by atoms with Gasteiger partial charge in [0.25, 0.3) is 5.69 Å². The minimum atomic E-state index is -0.409. The molecule has 5 heteroatoms. The Hall–Kier alpha value is -2.43. The van der Waals surface area contributed by atoms with Crippen LogP contribution in [0.3, 0.4) is 0 Å². The van der Waals surface area contributed by atoms with Crippen molar-refractivity contribution in [2.75, 3.05) is 0 Å². The molecule has 0 aliphatic heterocycles. The molecule has 1 heterocycles. The second-order valence-electron chi connectivity index (χ2n) is 3.19. The van der Waals surface area contributed by atoms with Crippen molar-refractivity contribution < 1.29 is 4.92 Å². The van der Waals surface area contributed by atoms with E-state index >= 15 is 0 Å². The highest BCUT2D eigenvalue weighted by atomic mass is 16.6. The Labute approximate surface area is 91.6 Å². The smallest absolute Gasteiger partial charge is 0.270 e. The number of nitrogens with one attached hydrogen (secondary N) is 1. The van der Waals surface area contributed by atoms with Gasteiger partial charge in [-0.2, -0.15) is 0 Å². The van der Waals surface area contributed by atoms with E-state index in [1.807, 2.05) is 6.08 Å². The fourth-order valence-electron chi connectivity index (χ4n) is 1.29. The van der Waals surface area contributed by atoms with Crippen molar-refractivity contribution in [2.24, 2.45) is 0 Å². The molecule has 0 amide bonds. The molecule has 16 heavy (non-hydrogen) atoms. The Kier molecular flexibility index (Phi) is 2.77. The molecule has 0 atom stereocenters. The lowest BCUT2D eigenvalue weighted by Gasteiger charge is -1.93. The molecule has 0 saturated heterocycles. The lowest BCUT2D eigenvalue weighted by atomic mass is 10.2. The summed E-state index contributed by atoms with van der Waals surface area (Å²) in [7, 11) is 0. The molecule has 1 aromatic carbocycles. The predicted octanol–water partition coefficient (Wildman–Crippen LogP) is 2.49. The maximum Gasteiger partial charge on any atom is 0.270 e. The Morgan fingerprint density at radius 1 is 1.38 bits per heavy atom. The quantitative estimate of drug-likeness (QED) is 0.631. The number of hydrogen-bond acceptors (Lipinski definition) is 3. The molecular weight excluding hydrogens is 206 g/mol. The van der Waals surface area contributed by atoms with Crippen LogP contribution in [0.4, 0.5) is 5.69 Å². The Bertz CT molecular complexity index is 518. The number of hydrogen-bond donors (Lipinski definition) is 1. The molecule has 2 rings (SSSR count). The van der Waals surface area contributed by atoms with Gasteiger partial charge >= 0.3 is 0 Å². The molecule has 0 bridgehead atoms. The van der Waals surface area contributed by atoms with Gasteiger partial charge in [0.1, 0.15) is 0 Å². The predicted molar refractivity (Wildman–Crippen MR) is 60.6 cm³/mol. The minimum Gasteiger partial charge on any atom is -0.345 e. The van der Waals surface area contributed by atoms with Gasteiger partial charge in [0.05, 0.1) is 23.1 Å². The molecule has 0 aliphatic rings. The molecule has 1 N–H and O–H groups in total. The maximum atomic E-state index is 10.6. The first-order valence-corrected chi connectivity index (χ1v) is 4.66. The first kappa shape index (κ1) is 10.1. The molecule has 5 nitrogen and oxygen atoms in total. The molecule has 80 valence electrons. The zero-order valence-electron chi connectivity index (χ0n) is 8.33. The number of nitro groups is 1. The third kappa shape index (κ3) is 2.33. The van der Waals surface area contributed by atoms with Crippen LogP contribution in [0.15, 0.2) is 36.8 Å². The topological polar surface area (TPSA) is 71.8 Å². The normalized spacial score (nSPS) is 10.8. The van der Waals surface area contributed by atoms with Crippen molar-refractivity contribution in [2.45, 2.75) is 0 Å². The third-order valence-corrected chi connectivity index (χ3v) is 2.06. The summed E-state index contributed by atoms with van der Waals surface area (Å²) < 4.78 is 0. The molecule has 0 saturated carbocycles. The van der Waals surface area contributed by atoms with Crippen LogP contribution in [-0.2, 0) is 0 Å². The summed E-state index contributed by atoms with van der Waals surface area (Å²) in [6.07, 6.45) is 6.85. The summed E-state index contributed by atoms with van der Waals surface area (Å²) in [6.45, 7) is 0. The van der Waals surface area contributed by atoms with Gasteiger partial charge in [-0.15, -0.1) is 0 Å². The third-order valence-electron chi connectivity index (χ3n) is 2.06. The van der Waals surface area contributed by atoms with Crippen molar-refractivity contribution in [1.29, 1.82) is 0 Å². The standard InChI is InChI=1S/C11H9N3O2/c15-14(16)11-3-1-2-9(6-11)4-5-10-7-12-8-13-10/h1-8H,(H,12,13). The highest BCUT2D eigenvalue weighted by Crippen LogP contribution is 2.14. The fourth-order valence-corrected chi connectivity index (χ4v) is 1.29. The average molecular weight is 215 g/mol. The van der Waals surface area contributed by atoms with Gasteiger partial charge in [0.15, 0.2) is 0 Å². The number of rotatable bonds is 3. The number of aromatic nitrogens is 2. The molecule has 0 fully saturated rings. The Morgan fingerprint density at radius 3 is 2.94 bits per heavy atom. The van der Waals surface area contributed by atoms with E-state index in [0.717, 1.165) is 11.3 Å². The fraction of sp³-hybridized carbons (Fsp3) is 0. The van der Waals surface area contributed by atoms with Crippen molar-refractivity contribution >= 4 is 17.8 Å². The lowest BCUT2D eigenvalue weighted by molar-refractivity contribution is -0.384. The number of nitro benzene ring substituents is 1. The van der Waals surface area contributed by atoms with E-state index < -0.39 is 4.92 Å². The second kappa shape index (κ2) is 4.39. The summed E-state index contributed by atoms with van der Waals surface area (Å²) >= 11 is 0. The zero-order chi connectivity index (χ0) is 11.4. The van der Waals surface area contributed by atoms with Crippen molar-refractivity contribution in [1.82, 2.24) is 9.97 Å². The van der Waals surface area contributed by atoms with Crippen molar-refractivity contribution in [3.63, 3.8) is 0 Å². The molecule has 0 aliphatic carbocycles. The highest BCUT2D eigenvalue weighted by Gasteiger charge is 2.03. The van der Waals surface area contributed by atoms with Crippen LogP contribution in [0.1, 0.15) is 11.3 Å². The van der Waals surface area contributed by atoms with Gasteiger partial charge in [-0.25, -0.2) is 4.98 Å². The van der Waals surface area contributed by atoms with E-state index in [0.29, 0.717) is 0 Å². The van der Waals surface area contributed by atoms with Gasteiger partial charge in [0, 0.05) is 12.1 Å². The van der Waals surface area contributed by atoms with Crippen LogP contribution in [0.2, 0.25) is 0 Å². The molecule has 0 radical (unpaired) electrons. The summed E-state index contributed by atoms with van der Waals surface area (Å²) in [5.41, 5.74) is 1.72. The Morgan fingerprint density at radius 2 is 2.25 bits per heavy atom. The summed E-state index contributed by atoms with van der Waals surface area (Å²) in [5.74, 6) is 0. The molecule has 1 aromatic heterocycles. The first-order chi connectivity index (χ1) is 7.75. The number of nitrogens with zero attached hydrogens (tertiary/aromatic N) is 2. The largest absolute Gasteiger partial charge is 0.345 e.